The van der Waals surface area contributed by atoms with Crippen molar-refractivity contribution in [2.75, 3.05) is 19.6 Å². The number of rotatable bonds is 6. The van der Waals surface area contributed by atoms with Crippen LogP contribution >= 0.6 is 0 Å². The third-order valence-corrected chi connectivity index (χ3v) is 4.43. The lowest BCUT2D eigenvalue weighted by Gasteiger charge is -2.38. The second-order valence-corrected chi connectivity index (χ2v) is 6.36. The van der Waals surface area contributed by atoms with Gasteiger partial charge in [-0.05, 0) is 43.6 Å². The Hall–Kier alpha value is -0.0800. The van der Waals surface area contributed by atoms with Crippen molar-refractivity contribution in [3.63, 3.8) is 0 Å². The lowest BCUT2D eigenvalue weighted by atomic mass is 9.69. The Kier molecular flexibility index (Phi) is 4.26. The highest BCUT2D eigenvalue weighted by molar-refractivity contribution is 4.84. The molecule has 0 radical (unpaired) electrons. The Balaban J connectivity index is 1.56. The Bertz CT molecular complexity index is 209. The third-order valence-electron chi connectivity index (χ3n) is 4.43. The van der Waals surface area contributed by atoms with E-state index in [1.807, 2.05) is 0 Å². The van der Waals surface area contributed by atoms with E-state index in [9.17, 15) is 0 Å². The molecule has 2 nitrogen and oxygen atoms in total. The molecule has 0 aromatic rings. The Morgan fingerprint density at radius 1 is 1.06 bits per heavy atom. The normalized spacial score (nSPS) is 29.2. The molecule has 0 spiro atoms. The monoisotopic (exact) mass is 224 g/mol. The van der Waals surface area contributed by atoms with Gasteiger partial charge in [-0.25, -0.2) is 0 Å². The van der Waals surface area contributed by atoms with Gasteiger partial charge >= 0.3 is 0 Å². The summed E-state index contributed by atoms with van der Waals surface area (Å²) in [5.74, 6) is 0.891. The first-order chi connectivity index (χ1) is 7.68. The molecule has 2 rings (SSSR count). The van der Waals surface area contributed by atoms with Crippen molar-refractivity contribution in [2.24, 2.45) is 11.3 Å². The molecular formula is C14H28N2. The smallest absolute Gasteiger partial charge is 0.00793 e. The van der Waals surface area contributed by atoms with E-state index in [2.05, 4.69) is 24.5 Å². The second-order valence-electron chi connectivity index (χ2n) is 6.36. The SMILES string of the molecule is CC1(C)CCCCC1CNCCNC1CC1. The van der Waals surface area contributed by atoms with E-state index in [4.69, 9.17) is 0 Å². The van der Waals surface area contributed by atoms with Crippen LogP contribution in [0.4, 0.5) is 0 Å². The summed E-state index contributed by atoms with van der Waals surface area (Å²) in [6.45, 7) is 8.40. The van der Waals surface area contributed by atoms with E-state index in [1.54, 1.807) is 0 Å². The van der Waals surface area contributed by atoms with Crippen LogP contribution < -0.4 is 10.6 Å². The summed E-state index contributed by atoms with van der Waals surface area (Å²) < 4.78 is 0. The van der Waals surface area contributed by atoms with Gasteiger partial charge in [-0.2, -0.15) is 0 Å². The predicted octanol–water partition coefficient (Wildman–Crippen LogP) is 2.54. The maximum absolute atomic E-state index is 3.63. The summed E-state index contributed by atoms with van der Waals surface area (Å²) in [6, 6.07) is 0.855. The zero-order chi connectivity index (χ0) is 11.4. The first-order valence-electron chi connectivity index (χ1n) is 7.12. The molecule has 2 fully saturated rings. The highest BCUT2D eigenvalue weighted by atomic mass is 15.0. The van der Waals surface area contributed by atoms with Gasteiger partial charge in [0.1, 0.15) is 0 Å². The van der Waals surface area contributed by atoms with Gasteiger partial charge in [-0.1, -0.05) is 26.7 Å². The minimum absolute atomic E-state index is 0.565. The molecule has 16 heavy (non-hydrogen) atoms. The Labute approximate surface area is 101 Å². The summed E-state index contributed by atoms with van der Waals surface area (Å²) in [4.78, 5) is 0. The first-order valence-corrected chi connectivity index (χ1v) is 7.12. The van der Waals surface area contributed by atoms with E-state index < -0.39 is 0 Å². The highest BCUT2D eigenvalue weighted by Gasteiger charge is 2.31. The van der Waals surface area contributed by atoms with Crippen LogP contribution in [-0.2, 0) is 0 Å². The van der Waals surface area contributed by atoms with Crippen LogP contribution in [0.15, 0.2) is 0 Å². The van der Waals surface area contributed by atoms with Crippen molar-refractivity contribution >= 4 is 0 Å². The van der Waals surface area contributed by atoms with Gasteiger partial charge in [0, 0.05) is 19.1 Å². The average molecular weight is 224 g/mol. The van der Waals surface area contributed by atoms with Crippen LogP contribution in [0.3, 0.4) is 0 Å². The fourth-order valence-corrected chi connectivity index (χ4v) is 2.87. The average Bonchev–Trinajstić information content (AvgIpc) is 3.03. The van der Waals surface area contributed by atoms with E-state index in [0.717, 1.165) is 25.0 Å². The summed E-state index contributed by atoms with van der Waals surface area (Å²) in [5.41, 5.74) is 0.565. The summed E-state index contributed by atoms with van der Waals surface area (Å²) in [7, 11) is 0. The van der Waals surface area contributed by atoms with Crippen molar-refractivity contribution in [3.8, 4) is 0 Å². The fourth-order valence-electron chi connectivity index (χ4n) is 2.87. The zero-order valence-electron chi connectivity index (χ0n) is 11.0. The first kappa shape index (κ1) is 12.4. The molecule has 0 heterocycles. The van der Waals surface area contributed by atoms with Crippen molar-refractivity contribution in [2.45, 2.75) is 58.4 Å². The largest absolute Gasteiger partial charge is 0.315 e. The van der Waals surface area contributed by atoms with Crippen molar-refractivity contribution in [1.29, 1.82) is 0 Å². The predicted molar refractivity (Wildman–Crippen MR) is 69.6 cm³/mol. The van der Waals surface area contributed by atoms with Gasteiger partial charge in [0.25, 0.3) is 0 Å². The van der Waals surface area contributed by atoms with E-state index in [0.29, 0.717) is 5.41 Å². The molecule has 0 aliphatic heterocycles. The Morgan fingerprint density at radius 3 is 2.56 bits per heavy atom. The second kappa shape index (κ2) is 5.50. The van der Waals surface area contributed by atoms with Gasteiger partial charge < -0.3 is 10.6 Å². The molecule has 0 bridgehead atoms. The Morgan fingerprint density at radius 2 is 1.88 bits per heavy atom. The van der Waals surface area contributed by atoms with Gasteiger partial charge in [0.15, 0.2) is 0 Å². The maximum atomic E-state index is 3.63. The molecule has 0 saturated heterocycles. The summed E-state index contributed by atoms with van der Waals surface area (Å²) in [6.07, 6.45) is 8.52. The van der Waals surface area contributed by atoms with Crippen molar-refractivity contribution in [1.82, 2.24) is 10.6 Å². The molecule has 2 N–H and O–H groups in total. The van der Waals surface area contributed by atoms with Crippen LogP contribution in [0.25, 0.3) is 0 Å². The molecule has 2 aliphatic rings. The van der Waals surface area contributed by atoms with Crippen LogP contribution in [0.1, 0.15) is 52.4 Å². The molecular weight excluding hydrogens is 196 g/mol. The fraction of sp³-hybridized carbons (Fsp3) is 1.00. The quantitative estimate of drug-likeness (QED) is 0.678. The van der Waals surface area contributed by atoms with Crippen LogP contribution in [0.2, 0.25) is 0 Å². The molecule has 0 aromatic heterocycles. The lowest BCUT2D eigenvalue weighted by molar-refractivity contribution is 0.136. The van der Waals surface area contributed by atoms with Gasteiger partial charge in [-0.3, -0.25) is 0 Å². The highest BCUT2D eigenvalue weighted by Crippen LogP contribution is 2.39. The third kappa shape index (κ3) is 3.74. The summed E-state index contributed by atoms with van der Waals surface area (Å²) in [5, 5.41) is 7.18. The van der Waals surface area contributed by atoms with Crippen molar-refractivity contribution in [3.05, 3.63) is 0 Å². The van der Waals surface area contributed by atoms with E-state index in [1.165, 1.54) is 45.1 Å². The maximum Gasteiger partial charge on any atom is 0.00793 e. The molecule has 94 valence electrons. The van der Waals surface area contributed by atoms with Gasteiger partial charge in [0.2, 0.25) is 0 Å². The van der Waals surface area contributed by atoms with Gasteiger partial charge in [0.05, 0.1) is 0 Å². The van der Waals surface area contributed by atoms with E-state index >= 15 is 0 Å². The number of hydrogen-bond donors (Lipinski definition) is 2. The van der Waals surface area contributed by atoms with Crippen molar-refractivity contribution < 1.29 is 0 Å². The molecule has 2 saturated carbocycles. The number of nitrogens with one attached hydrogen (secondary N) is 2. The topological polar surface area (TPSA) is 24.1 Å². The van der Waals surface area contributed by atoms with Crippen LogP contribution in [0.5, 0.6) is 0 Å². The molecule has 1 unspecified atom stereocenters. The van der Waals surface area contributed by atoms with Gasteiger partial charge in [-0.15, -0.1) is 0 Å². The number of hydrogen-bond acceptors (Lipinski definition) is 2. The lowest BCUT2D eigenvalue weighted by Crippen LogP contribution is -2.38. The minimum atomic E-state index is 0.565. The summed E-state index contributed by atoms with van der Waals surface area (Å²) >= 11 is 0. The van der Waals surface area contributed by atoms with Crippen LogP contribution in [0, 0.1) is 11.3 Å². The van der Waals surface area contributed by atoms with Crippen LogP contribution in [-0.4, -0.2) is 25.7 Å². The molecule has 1 atom stereocenters. The van der Waals surface area contributed by atoms with E-state index in [-0.39, 0.29) is 0 Å². The standard InChI is InChI=1S/C14H28N2/c1-14(2)8-4-3-5-12(14)11-15-9-10-16-13-6-7-13/h12-13,15-16H,3-11H2,1-2H3. The molecule has 2 aliphatic carbocycles. The zero-order valence-corrected chi connectivity index (χ0v) is 11.0. The molecule has 0 amide bonds. The minimum Gasteiger partial charge on any atom is -0.315 e. The molecule has 0 aromatic carbocycles. The molecule has 2 heteroatoms.